The minimum absolute atomic E-state index is 0.432. The van der Waals surface area contributed by atoms with Gasteiger partial charge in [-0.15, -0.1) is 11.8 Å². The van der Waals surface area contributed by atoms with Gasteiger partial charge in [0.15, 0.2) is 0 Å². The number of benzene rings is 2. The molecule has 4 rings (SSSR count). The largest absolute Gasteiger partial charge is 0.240 e. The fourth-order valence-corrected chi connectivity index (χ4v) is 4.54. The third-order valence-corrected chi connectivity index (χ3v) is 5.96. The molecule has 0 aliphatic heterocycles. The maximum absolute atomic E-state index is 9.97. The first-order valence-corrected chi connectivity index (χ1v) is 10.6. The summed E-state index contributed by atoms with van der Waals surface area (Å²) >= 11 is 1.50. The highest BCUT2D eigenvalue weighted by Gasteiger charge is 2.27. The van der Waals surface area contributed by atoms with Gasteiger partial charge in [-0.2, -0.15) is 10.5 Å². The van der Waals surface area contributed by atoms with Crippen LogP contribution in [0.2, 0.25) is 0 Å². The van der Waals surface area contributed by atoms with Crippen LogP contribution in [0.4, 0.5) is 0 Å². The number of fused-ring (bicyclic) bond motifs is 1. The number of nitrogens with zero attached hydrogens (tertiary/aromatic N) is 3. The van der Waals surface area contributed by atoms with Crippen molar-refractivity contribution in [1.29, 1.82) is 10.5 Å². The molecule has 29 heavy (non-hydrogen) atoms. The van der Waals surface area contributed by atoms with Gasteiger partial charge in [-0.3, -0.25) is 0 Å². The number of thioether (sulfide) groups is 1. The monoisotopic (exact) mass is 393 g/mol. The van der Waals surface area contributed by atoms with Crippen LogP contribution in [0.1, 0.15) is 35.2 Å². The Balaban J connectivity index is 1.90. The van der Waals surface area contributed by atoms with Crippen molar-refractivity contribution in [3.63, 3.8) is 0 Å². The van der Waals surface area contributed by atoms with Crippen LogP contribution < -0.4 is 0 Å². The Morgan fingerprint density at radius 1 is 0.966 bits per heavy atom. The average Bonchev–Trinajstić information content (AvgIpc) is 3.16. The molecule has 0 saturated carbocycles. The van der Waals surface area contributed by atoms with E-state index in [1.54, 1.807) is 0 Å². The van der Waals surface area contributed by atoms with E-state index in [2.05, 4.69) is 42.5 Å². The predicted molar refractivity (Wildman–Crippen MR) is 118 cm³/mol. The lowest BCUT2D eigenvalue weighted by atomic mass is 9.95. The molecule has 1 aliphatic rings. The van der Waals surface area contributed by atoms with Crippen molar-refractivity contribution in [2.45, 2.75) is 24.3 Å². The van der Waals surface area contributed by atoms with Crippen molar-refractivity contribution in [2.75, 3.05) is 5.75 Å². The number of hydrogen-bond donors (Lipinski definition) is 0. The lowest BCUT2D eigenvalue weighted by molar-refractivity contribution is 1.04. The van der Waals surface area contributed by atoms with E-state index in [-0.39, 0.29) is 0 Å². The van der Waals surface area contributed by atoms with Crippen LogP contribution in [0.5, 0.6) is 0 Å². The molecule has 4 heteroatoms. The second-order valence-corrected chi connectivity index (χ2v) is 7.89. The van der Waals surface area contributed by atoms with Gasteiger partial charge in [0.05, 0.1) is 17.3 Å². The summed E-state index contributed by atoms with van der Waals surface area (Å²) in [7, 11) is 0. The zero-order valence-corrected chi connectivity index (χ0v) is 16.7. The highest BCUT2D eigenvalue weighted by Crippen LogP contribution is 2.42. The van der Waals surface area contributed by atoms with E-state index in [9.17, 15) is 5.26 Å². The van der Waals surface area contributed by atoms with Crippen LogP contribution in [0.25, 0.3) is 22.8 Å². The van der Waals surface area contributed by atoms with E-state index in [0.29, 0.717) is 17.7 Å². The zero-order chi connectivity index (χ0) is 20.1. The molecule has 0 atom stereocenters. The number of aromatic nitrogens is 1. The molecular weight excluding hydrogens is 374 g/mol. The van der Waals surface area contributed by atoms with E-state index in [0.717, 1.165) is 45.8 Å². The Morgan fingerprint density at radius 3 is 2.38 bits per heavy atom. The van der Waals surface area contributed by atoms with Gasteiger partial charge in [0, 0.05) is 17.7 Å². The van der Waals surface area contributed by atoms with Gasteiger partial charge in [0.1, 0.15) is 11.1 Å². The molecule has 3 nitrogen and oxygen atoms in total. The first-order valence-electron chi connectivity index (χ1n) is 9.60. The smallest absolute Gasteiger partial charge is 0.115 e. The summed E-state index contributed by atoms with van der Waals surface area (Å²) < 4.78 is 0. The maximum atomic E-state index is 9.97. The number of pyridine rings is 1. The van der Waals surface area contributed by atoms with Crippen LogP contribution in [0, 0.1) is 22.7 Å². The van der Waals surface area contributed by atoms with Crippen molar-refractivity contribution >= 4 is 23.4 Å². The first kappa shape index (κ1) is 19.0. The quantitative estimate of drug-likeness (QED) is 0.387. The molecular formula is C25H19N3S. The minimum Gasteiger partial charge on any atom is -0.240 e. The highest BCUT2D eigenvalue weighted by atomic mass is 32.2. The SMILES string of the molecule is N#CCCSc1nc2c(c(-c3ccccc3)c1C#N)CC/C2=C\c1ccccc1. The van der Waals surface area contributed by atoms with E-state index in [4.69, 9.17) is 10.2 Å². The number of rotatable bonds is 5. The Bertz CT molecular complexity index is 1140. The Labute approximate surface area is 175 Å². The Morgan fingerprint density at radius 2 is 1.69 bits per heavy atom. The van der Waals surface area contributed by atoms with Crippen molar-refractivity contribution in [3.05, 3.63) is 83.0 Å². The number of allylic oxidation sites excluding steroid dienone is 1. The lowest BCUT2D eigenvalue weighted by Crippen LogP contribution is -2.01. The Hall–Kier alpha value is -3.34. The summed E-state index contributed by atoms with van der Waals surface area (Å²) in [5.41, 5.74) is 7.17. The van der Waals surface area contributed by atoms with Crippen molar-refractivity contribution in [1.82, 2.24) is 4.98 Å². The second-order valence-electron chi connectivity index (χ2n) is 6.81. The molecule has 0 N–H and O–H groups in total. The highest BCUT2D eigenvalue weighted by molar-refractivity contribution is 7.99. The summed E-state index contributed by atoms with van der Waals surface area (Å²) in [5, 5.41) is 19.6. The summed E-state index contributed by atoms with van der Waals surface area (Å²) in [6, 6.07) is 24.9. The van der Waals surface area contributed by atoms with Crippen molar-refractivity contribution in [2.24, 2.45) is 0 Å². The van der Waals surface area contributed by atoms with Gasteiger partial charge >= 0.3 is 0 Å². The normalized spacial score (nSPS) is 13.7. The molecule has 2 aromatic carbocycles. The summed E-state index contributed by atoms with van der Waals surface area (Å²) in [6.07, 6.45) is 4.42. The fraction of sp³-hybridized carbons (Fsp3) is 0.160. The van der Waals surface area contributed by atoms with Gasteiger partial charge in [-0.25, -0.2) is 4.98 Å². The number of nitriles is 2. The number of hydrogen-bond acceptors (Lipinski definition) is 4. The molecule has 0 fully saturated rings. The van der Waals surface area contributed by atoms with Crippen molar-refractivity contribution < 1.29 is 0 Å². The zero-order valence-electron chi connectivity index (χ0n) is 15.9. The molecule has 140 valence electrons. The minimum atomic E-state index is 0.432. The fourth-order valence-electron chi connectivity index (χ4n) is 3.70. The predicted octanol–water partition coefficient (Wildman–Crippen LogP) is 6.11. The molecule has 0 saturated heterocycles. The van der Waals surface area contributed by atoms with Gasteiger partial charge in [0.25, 0.3) is 0 Å². The molecule has 1 aliphatic carbocycles. The standard InChI is InChI=1S/C25H19N3S/c26-14-7-15-29-25-22(17-27)23(19-10-5-2-6-11-19)21-13-12-20(24(21)28-25)16-18-8-3-1-4-9-18/h1-6,8-11,16H,7,12-13,15H2/b20-16+. The van der Waals surface area contributed by atoms with Crippen LogP contribution in [0.15, 0.2) is 65.7 Å². The summed E-state index contributed by atoms with van der Waals surface area (Å²) in [4.78, 5) is 4.92. The van der Waals surface area contributed by atoms with Gasteiger partial charge in [-0.1, -0.05) is 60.7 Å². The van der Waals surface area contributed by atoms with Gasteiger partial charge in [0.2, 0.25) is 0 Å². The summed E-state index contributed by atoms with van der Waals surface area (Å²) in [6.45, 7) is 0. The van der Waals surface area contributed by atoms with Gasteiger partial charge < -0.3 is 0 Å². The third-order valence-electron chi connectivity index (χ3n) is 4.98. The van der Waals surface area contributed by atoms with Crippen LogP contribution in [-0.4, -0.2) is 10.7 Å². The van der Waals surface area contributed by atoms with Gasteiger partial charge in [-0.05, 0) is 41.2 Å². The molecule has 0 amide bonds. The van der Waals surface area contributed by atoms with Crippen LogP contribution in [-0.2, 0) is 6.42 Å². The molecule has 0 bridgehead atoms. The molecule has 0 spiro atoms. The maximum Gasteiger partial charge on any atom is 0.115 e. The second kappa shape index (κ2) is 8.78. The summed E-state index contributed by atoms with van der Waals surface area (Å²) in [5.74, 6) is 0.628. The molecule has 3 aromatic rings. The molecule has 0 unspecified atom stereocenters. The van der Waals surface area contributed by atoms with E-state index in [1.807, 2.05) is 36.4 Å². The van der Waals surface area contributed by atoms with Crippen molar-refractivity contribution in [3.8, 4) is 23.3 Å². The van der Waals surface area contributed by atoms with E-state index >= 15 is 0 Å². The average molecular weight is 394 g/mol. The van der Waals surface area contributed by atoms with Crippen LogP contribution >= 0.6 is 11.8 Å². The molecule has 0 radical (unpaired) electrons. The molecule has 1 heterocycles. The van der Waals surface area contributed by atoms with Crippen LogP contribution in [0.3, 0.4) is 0 Å². The first-order chi connectivity index (χ1) is 14.3. The van der Waals surface area contributed by atoms with E-state index in [1.165, 1.54) is 17.3 Å². The Kier molecular flexibility index (Phi) is 5.75. The third kappa shape index (κ3) is 3.94. The van der Waals surface area contributed by atoms with E-state index < -0.39 is 0 Å². The topological polar surface area (TPSA) is 60.5 Å². The lowest BCUT2D eigenvalue weighted by Gasteiger charge is -2.14. The molecule has 1 aromatic heterocycles.